The molecule has 6 nitrogen and oxygen atoms in total. The first-order chi connectivity index (χ1) is 13.2. The number of benzene rings is 2. The fourth-order valence-electron chi connectivity index (χ4n) is 4.43. The van der Waals surface area contributed by atoms with Crippen molar-refractivity contribution in [2.24, 2.45) is 0 Å². The van der Waals surface area contributed by atoms with Gasteiger partial charge in [-0.05, 0) is 29.8 Å². The van der Waals surface area contributed by atoms with Gasteiger partial charge < -0.3 is 28.8 Å². The zero-order valence-corrected chi connectivity index (χ0v) is 15.7. The van der Waals surface area contributed by atoms with Crippen LogP contribution in [0.5, 0.6) is 23.0 Å². The summed E-state index contributed by atoms with van der Waals surface area (Å²) in [5, 5.41) is 1.17. The topological polar surface area (TPSA) is 57.2 Å². The summed E-state index contributed by atoms with van der Waals surface area (Å²) in [5.74, 6) is 3.15. The van der Waals surface area contributed by atoms with Gasteiger partial charge in [-0.2, -0.15) is 0 Å². The van der Waals surface area contributed by atoms with Crippen molar-refractivity contribution in [2.45, 2.75) is 12.5 Å². The normalized spacial score (nSPS) is 20.6. The van der Waals surface area contributed by atoms with Gasteiger partial charge in [0, 0.05) is 29.1 Å². The van der Waals surface area contributed by atoms with E-state index >= 15 is 0 Å². The Kier molecular flexibility index (Phi) is 3.68. The standard InChI is InChI=1S/C21H22N2O4/c1-23-7-6-12-8-17-20(27-11-26-17)21(25-3)18(12)19(23)15-10-22-16-5-4-13(24-2)9-14(15)16/h4-5,8-10,19,22H,6-7,11H2,1-3H3/p+1/t19-/m0/s1. The molecule has 2 aliphatic rings. The number of methoxy groups -OCH3 is 2. The molecule has 0 aliphatic carbocycles. The summed E-state index contributed by atoms with van der Waals surface area (Å²) in [7, 11) is 5.64. The van der Waals surface area contributed by atoms with Crippen LogP contribution in [-0.2, 0) is 6.42 Å². The molecule has 0 amide bonds. The number of hydrogen-bond acceptors (Lipinski definition) is 4. The van der Waals surface area contributed by atoms with Gasteiger partial charge in [-0.3, -0.25) is 0 Å². The van der Waals surface area contributed by atoms with Crippen molar-refractivity contribution in [1.82, 2.24) is 4.98 Å². The molecular weight excluding hydrogens is 344 g/mol. The van der Waals surface area contributed by atoms with Gasteiger partial charge in [0.2, 0.25) is 12.5 Å². The van der Waals surface area contributed by atoms with E-state index in [4.69, 9.17) is 18.9 Å². The van der Waals surface area contributed by atoms with Gasteiger partial charge in [-0.15, -0.1) is 0 Å². The number of hydrogen-bond donors (Lipinski definition) is 2. The van der Waals surface area contributed by atoms with Crippen LogP contribution in [0.25, 0.3) is 10.9 Å². The molecule has 5 rings (SSSR count). The van der Waals surface area contributed by atoms with Crippen molar-refractivity contribution >= 4 is 10.9 Å². The highest BCUT2D eigenvalue weighted by atomic mass is 16.7. The van der Waals surface area contributed by atoms with Gasteiger partial charge in [0.05, 0.1) is 33.4 Å². The highest BCUT2D eigenvalue weighted by Gasteiger charge is 2.38. The van der Waals surface area contributed by atoms with E-state index in [0.717, 1.165) is 35.7 Å². The van der Waals surface area contributed by atoms with Crippen LogP contribution < -0.4 is 23.8 Å². The summed E-state index contributed by atoms with van der Waals surface area (Å²) in [6.45, 7) is 1.28. The van der Waals surface area contributed by atoms with E-state index in [1.807, 2.05) is 6.07 Å². The molecule has 2 aromatic carbocycles. The Balaban J connectivity index is 1.75. The lowest BCUT2D eigenvalue weighted by atomic mass is 9.87. The summed E-state index contributed by atoms with van der Waals surface area (Å²) >= 11 is 0. The van der Waals surface area contributed by atoms with Gasteiger partial charge in [0.25, 0.3) is 0 Å². The molecule has 0 radical (unpaired) electrons. The molecule has 2 N–H and O–H groups in total. The highest BCUT2D eigenvalue weighted by Crippen LogP contribution is 2.49. The second kappa shape index (κ2) is 6.09. The Hall–Kier alpha value is -2.86. The van der Waals surface area contributed by atoms with Crippen LogP contribution in [0.2, 0.25) is 0 Å². The second-order valence-corrected chi connectivity index (χ2v) is 7.15. The molecule has 0 fully saturated rings. The second-order valence-electron chi connectivity index (χ2n) is 7.15. The van der Waals surface area contributed by atoms with E-state index in [0.29, 0.717) is 5.75 Å². The van der Waals surface area contributed by atoms with E-state index in [9.17, 15) is 0 Å². The van der Waals surface area contributed by atoms with Crippen LogP contribution in [-0.4, -0.2) is 39.6 Å². The minimum atomic E-state index is 0.138. The minimum Gasteiger partial charge on any atom is -0.497 e. The minimum absolute atomic E-state index is 0.138. The van der Waals surface area contributed by atoms with Gasteiger partial charge in [0.1, 0.15) is 11.8 Å². The van der Waals surface area contributed by atoms with Crippen LogP contribution in [0.1, 0.15) is 22.7 Å². The number of rotatable bonds is 3. The lowest BCUT2D eigenvalue weighted by Crippen LogP contribution is -3.10. The number of aromatic amines is 1. The Morgan fingerprint density at radius 2 is 2.04 bits per heavy atom. The van der Waals surface area contributed by atoms with Crippen molar-refractivity contribution in [3.05, 3.63) is 47.2 Å². The SMILES string of the molecule is COc1ccc2[nH]cc([C@H]3c4c(cc5c(c4OC)OCO5)CC[NH+]3C)c2c1. The average Bonchev–Trinajstić information content (AvgIpc) is 3.32. The quantitative estimate of drug-likeness (QED) is 0.744. The molecule has 0 spiro atoms. The molecule has 1 aromatic heterocycles. The molecule has 2 aliphatic heterocycles. The van der Waals surface area contributed by atoms with Gasteiger partial charge in [-0.25, -0.2) is 0 Å². The molecule has 3 heterocycles. The van der Waals surface area contributed by atoms with E-state index in [2.05, 4.69) is 36.4 Å². The first-order valence-corrected chi connectivity index (χ1v) is 9.18. The number of fused-ring (bicyclic) bond motifs is 3. The van der Waals surface area contributed by atoms with E-state index in [1.54, 1.807) is 14.2 Å². The number of nitrogens with one attached hydrogen (secondary N) is 2. The number of H-pyrrole nitrogens is 1. The molecule has 1 unspecified atom stereocenters. The predicted octanol–water partition coefficient (Wildman–Crippen LogP) is 2.07. The third-order valence-corrected chi connectivity index (χ3v) is 5.75. The summed E-state index contributed by atoms with van der Waals surface area (Å²) in [5.41, 5.74) is 4.79. The number of likely N-dealkylation sites (N-methyl/N-ethyl adjacent to an activating group) is 1. The first kappa shape index (κ1) is 16.3. The largest absolute Gasteiger partial charge is 0.497 e. The molecule has 6 heteroatoms. The van der Waals surface area contributed by atoms with Gasteiger partial charge in [0.15, 0.2) is 11.5 Å². The van der Waals surface area contributed by atoms with Crippen molar-refractivity contribution in [1.29, 1.82) is 0 Å². The van der Waals surface area contributed by atoms with Crippen molar-refractivity contribution in [3.63, 3.8) is 0 Å². The van der Waals surface area contributed by atoms with Gasteiger partial charge >= 0.3 is 0 Å². The van der Waals surface area contributed by atoms with Crippen LogP contribution in [0.4, 0.5) is 0 Å². The zero-order chi connectivity index (χ0) is 18.5. The summed E-state index contributed by atoms with van der Waals surface area (Å²) < 4.78 is 22.6. The third-order valence-electron chi connectivity index (χ3n) is 5.75. The van der Waals surface area contributed by atoms with Crippen LogP contribution in [0, 0.1) is 0 Å². The van der Waals surface area contributed by atoms with Crippen LogP contribution in [0.3, 0.4) is 0 Å². The van der Waals surface area contributed by atoms with Crippen LogP contribution >= 0.6 is 0 Å². The maximum absolute atomic E-state index is 5.84. The molecule has 27 heavy (non-hydrogen) atoms. The van der Waals surface area contributed by atoms with Crippen molar-refractivity contribution < 1.29 is 23.8 Å². The average molecular weight is 367 g/mol. The maximum Gasteiger partial charge on any atom is 0.231 e. The Labute approximate surface area is 157 Å². The Morgan fingerprint density at radius 1 is 1.15 bits per heavy atom. The predicted molar refractivity (Wildman–Crippen MR) is 101 cm³/mol. The molecule has 0 saturated carbocycles. The fraction of sp³-hybridized carbons (Fsp3) is 0.333. The molecule has 0 saturated heterocycles. The third kappa shape index (κ3) is 2.36. The smallest absolute Gasteiger partial charge is 0.231 e. The van der Waals surface area contributed by atoms with E-state index in [-0.39, 0.29) is 12.8 Å². The summed E-state index contributed by atoms with van der Waals surface area (Å²) in [6, 6.07) is 8.40. The number of quaternary nitrogens is 1. The monoisotopic (exact) mass is 367 g/mol. The Morgan fingerprint density at radius 3 is 2.85 bits per heavy atom. The van der Waals surface area contributed by atoms with Gasteiger partial charge in [-0.1, -0.05) is 0 Å². The molecular formula is C21H23N2O4+. The Bertz CT molecular complexity index is 1030. The molecule has 140 valence electrons. The van der Waals surface area contributed by atoms with Crippen molar-refractivity contribution in [2.75, 3.05) is 34.6 Å². The zero-order valence-electron chi connectivity index (χ0n) is 15.7. The summed E-state index contributed by atoms with van der Waals surface area (Å²) in [6.07, 6.45) is 3.09. The fourth-order valence-corrected chi connectivity index (χ4v) is 4.43. The highest BCUT2D eigenvalue weighted by molar-refractivity contribution is 5.85. The van der Waals surface area contributed by atoms with Crippen LogP contribution in [0.15, 0.2) is 30.5 Å². The molecule has 3 aromatic rings. The maximum atomic E-state index is 5.84. The number of aromatic nitrogens is 1. The number of ether oxygens (including phenoxy) is 4. The first-order valence-electron chi connectivity index (χ1n) is 9.18. The van der Waals surface area contributed by atoms with E-state index < -0.39 is 0 Å². The van der Waals surface area contributed by atoms with Crippen molar-refractivity contribution in [3.8, 4) is 23.0 Å². The molecule has 0 bridgehead atoms. The lowest BCUT2D eigenvalue weighted by Gasteiger charge is -2.33. The summed E-state index contributed by atoms with van der Waals surface area (Å²) in [4.78, 5) is 4.83. The van der Waals surface area contributed by atoms with E-state index in [1.165, 1.54) is 27.0 Å². The molecule has 2 atom stereocenters. The lowest BCUT2D eigenvalue weighted by molar-refractivity contribution is -0.908.